The van der Waals surface area contributed by atoms with Crippen molar-refractivity contribution in [3.8, 4) is 0 Å². The van der Waals surface area contributed by atoms with Gasteiger partial charge in [0.1, 0.15) is 0 Å². The van der Waals surface area contributed by atoms with E-state index in [1.807, 2.05) is 0 Å². The average molecular weight is 203 g/mol. The molecule has 0 amide bonds. The summed E-state index contributed by atoms with van der Waals surface area (Å²) >= 11 is 0. The lowest BCUT2D eigenvalue weighted by atomic mass is 10.0. The molecule has 0 aromatic heterocycles. The molecule has 1 heteroatoms. The molecule has 0 spiro atoms. The van der Waals surface area contributed by atoms with Crippen LogP contribution in [0.15, 0.2) is 30.8 Å². The number of unbranched alkanes of at least 4 members (excludes halogenated alkanes) is 1. The molecule has 0 radical (unpaired) electrons. The SMILES string of the molecule is C=C(NCCCC)c1ccccc1CC. The van der Waals surface area contributed by atoms with Gasteiger partial charge < -0.3 is 5.32 Å². The highest BCUT2D eigenvalue weighted by molar-refractivity contribution is 5.64. The lowest BCUT2D eigenvalue weighted by Crippen LogP contribution is -2.13. The van der Waals surface area contributed by atoms with Gasteiger partial charge in [0.15, 0.2) is 0 Å². The summed E-state index contributed by atoms with van der Waals surface area (Å²) in [6.07, 6.45) is 3.48. The van der Waals surface area contributed by atoms with Crippen molar-refractivity contribution >= 4 is 5.70 Å². The first-order valence-electron chi connectivity index (χ1n) is 5.80. The van der Waals surface area contributed by atoms with Crippen molar-refractivity contribution in [1.29, 1.82) is 0 Å². The van der Waals surface area contributed by atoms with Crippen molar-refractivity contribution in [2.45, 2.75) is 33.1 Å². The second-order valence-electron chi connectivity index (χ2n) is 3.77. The number of hydrogen-bond acceptors (Lipinski definition) is 1. The Bertz CT molecular complexity index is 315. The van der Waals surface area contributed by atoms with Crippen LogP contribution in [-0.2, 0) is 6.42 Å². The number of hydrogen-bond donors (Lipinski definition) is 1. The summed E-state index contributed by atoms with van der Waals surface area (Å²) in [6, 6.07) is 8.46. The van der Waals surface area contributed by atoms with Crippen molar-refractivity contribution in [2.75, 3.05) is 6.54 Å². The summed E-state index contributed by atoms with van der Waals surface area (Å²) in [5, 5.41) is 3.38. The van der Waals surface area contributed by atoms with E-state index >= 15 is 0 Å². The largest absolute Gasteiger partial charge is 0.385 e. The van der Waals surface area contributed by atoms with Crippen LogP contribution in [0.3, 0.4) is 0 Å². The highest BCUT2D eigenvalue weighted by Crippen LogP contribution is 2.15. The van der Waals surface area contributed by atoms with Crippen LogP contribution in [0.25, 0.3) is 5.70 Å². The number of benzene rings is 1. The Morgan fingerprint density at radius 1 is 1.27 bits per heavy atom. The predicted octanol–water partition coefficient (Wildman–Crippen LogP) is 3.61. The molecule has 1 aromatic carbocycles. The van der Waals surface area contributed by atoms with Crippen LogP contribution in [-0.4, -0.2) is 6.54 Å². The monoisotopic (exact) mass is 203 g/mol. The van der Waals surface area contributed by atoms with Crippen LogP contribution in [0.4, 0.5) is 0 Å². The average Bonchev–Trinajstić information content (AvgIpc) is 2.29. The van der Waals surface area contributed by atoms with E-state index in [4.69, 9.17) is 0 Å². The first kappa shape index (κ1) is 11.8. The molecule has 0 aliphatic heterocycles. The molecule has 0 unspecified atom stereocenters. The standard InChI is InChI=1S/C14H21N/c1-4-6-11-15-12(3)14-10-8-7-9-13(14)5-2/h7-10,15H,3-6,11H2,1-2H3. The van der Waals surface area contributed by atoms with Crippen molar-refractivity contribution in [3.05, 3.63) is 42.0 Å². The third-order valence-corrected chi connectivity index (χ3v) is 2.59. The lowest BCUT2D eigenvalue weighted by molar-refractivity contribution is 0.744. The summed E-state index contributed by atoms with van der Waals surface area (Å²) in [7, 11) is 0. The second-order valence-corrected chi connectivity index (χ2v) is 3.77. The molecule has 0 fully saturated rings. The van der Waals surface area contributed by atoms with Gasteiger partial charge in [-0.2, -0.15) is 0 Å². The Morgan fingerprint density at radius 3 is 2.67 bits per heavy atom. The molecule has 1 aromatic rings. The zero-order valence-electron chi connectivity index (χ0n) is 9.84. The van der Waals surface area contributed by atoms with E-state index in [0.29, 0.717) is 0 Å². The minimum atomic E-state index is 1.02. The fourth-order valence-corrected chi connectivity index (χ4v) is 1.63. The smallest absolute Gasteiger partial charge is 0.0343 e. The fraction of sp³-hybridized carbons (Fsp3) is 0.429. The molecule has 0 saturated heterocycles. The van der Waals surface area contributed by atoms with Gasteiger partial charge in [-0.1, -0.05) is 51.1 Å². The molecule has 0 saturated carbocycles. The Morgan fingerprint density at radius 2 is 2.00 bits per heavy atom. The summed E-state index contributed by atoms with van der Waals surface area (Å²) in [5.74, 6) is 0. The summed E-state index contributed by atoms with van der Waals surface area (Å²) < 4.78 is 0. The molecular formula is C14H21N. The minimum Gasteiger partial charge on any atom is -0.385 e. The Kier molecular flexibility index (Phi) is 4.96. The first-order valence-corrected chi connectivity index (χ1v) is 5.80. The second kappa shape index (κ2) is 6.28. The van der Waals surface area contributed by atoms with Crippen LogP contribution in [0.1, 0.15) is 37.8 Å². The van der Waals surface area contributed by atoms with Gasteiger partial charge in [-0.3, -0.25) is 0 Å². The molecule has 0 heterocycles. The topological polar surface area (TPSA) is 12.0 Å². The normalized spacial score (nSPS) is 10.0. The maximum atomic E-state index is 4.09. The molecule has 0 bridgehead atoms. The van der Waals surface area contributed by atoms with Gasteiger partial charge in [0.2, 0.25) is 0 Å². The number of nitrogens with one attached hydrogen (secondary N) is 1. The maximum Gasteiger partial charge on any atom is 0.0343 e. The van der Waals surface area contributed by atoms with Crippen molar-refractivity contribution in [3.63, 3.8) is 0 Å². The van der Waals surface area contributed by atoms with Gasteiger partial charge in [0.05, 0.1) is 0 Å². The van der Waals surface area contributed by atoms with E-state index < -0.39 is 0 Å². The van der Waals surface area contributed by atoms with Crippen LogP contribution in [0.5, 0.6) is 0 Å². The van der Waals surface area contributed by atoms with E-state index in [1.165, 1.54) is 24.0 Å². The Hall–Kier alpha value is -1.24. The Labute approximate surface area is 93.2 Å². The number of rotatable bonds is 6. The molecule has 1 nitrogen and oxygen atoms in total. The fourth-order valence-electron chi connectivity index (χ4n) is 1.63. The van der Waals surface area contributed by atoms with E-state index in [1.54, 1.807) is 0 Å². The van der Waals surface area contributed by atoms with E-state index in [9.17, 15) is 0 Å². The van der Waals surface area contributed by atoms with Crippen LogP contribution >= 0.6 is 0 Å². The Balaban J connectivity index is 2.64. The first-order chi connectivity index (χ1) is 7.29. The van der Waals surface area contributed by atoms with Crippen LogP contribution in [0.2, 0.25) is 0 Å². The van der Waals surface area contributed by atoms with Gasteiger partial charge in [-0.25, -0.2) is 0 Å². The van der Waals surface area contributed by atoms with E-state index in [0.717, 1.165) is 18.7 Å². The van der Waals surface area contributed by atoms with E-state index in [-0.39, 0.29) is 0 Å². The molecule has 1 N–H and O–H groups in total. The molecule has 15 heavy (non-hydrogen) atoms. The maximum absolute atomic E-state index is 4.09. The summed E-state index contributed by atoms with van der Waals surface area (Å²) in [4.78, 5) is 0. The molecular weight excluding hydrogens is 182 g/mol. The van der Waals surface area contributed by atoms with Crippen molar-refractivity contribution in [2.24, 2.45) is 0 Å². The zero-order chi connectivity index (χ0) is 11.1. The molecule has 0 atom stereocenters. The summed E-state index contributed by atoms with van der Waals surface area (Å²) in [6.45, 7) is 9.49. The molecule has 82 valence electrons. The third-order valence-electron chi connectivity index (χ3n) is 2.59. The molecule has 0 aliphatic carbocycles. The van der Waals surface area contributed by atoms with Crippen molar-refractivity contribution < 1.29 is 0 Å². The van der Waals surface area contributed by atoms with Gasteiger partial charge in [-0.05, 0) is 18.4 Å². The quantitative estimate of drug-likeness (QED) is 0.696. The van der Waals surface area contributed by atoms with E-state index in [2.05, 4.69) is 50.0 Å². The lowest BCUT2D eigenvalue weighted by Gasteiger charge is -2.12. The minimum absolute atomic E-state index is 1.02. The van der Waals surface area contributed by atoms with Gasteiger partial charge in [0.25, 0.3) is 0 Å². The van der Waals surface area contributed by atoms with Crippen molar-refractivity contribution in [1.82, 2.24) is 5.32 Å². The summed E-state index contributed by atoms with van der Waals surface area (Å²) in [5.41, 5.74) is 3.68. The zero-order valence-corrected chi connectivity index (χ0v) is 9.84. The highest BCUT2D eigenvalue weighted by atomic mass is 14.9. The number of aryl methyl sites for hydroxylation is 1. The van der Waals surface area contributed by atoms with Gasteiger partial charge in [-0.15, -0.1) is 0 Å². The third kappa shape index (κ3) is 3.43. The van der Waals surface area contributed by atoms with Gasteiger partial charge >= 0.3 is 0 Å². The highest BCUT2D eigenvalue weighted by Gasteiger charge is 2.02. The molecule has 0 aliphatic rings. The molecule has 1 rings (SSSR count). The van der Waals surface area contributed by atoms with Gasteiger partial charge in [0, 0.05) is 17.8 Å². The predicted molar refractivity (Wildman–Crippen MR) is 67.8 cm³/mol. The van der Waals surface area contributed by atoms with Crippen LogP contribution < -0.4 is 5.32 Å². The van der Waals surface area contributed by atoms with Crippen LogP contribution in [0, 0.1) is 0 Å².